The second kappa shape index (κ2) is 9.19. The number of sulfonamides is 1. The van der Waals surface area contributed by atoms with Gasteiger partial charge in [0.15, 0.2) is 5.78 Å². The number of hydrogen-bond donors (Lipinski definition) is 1. The Morgan fingerprint density at radius 3 is 2.72 bits per heavy atom. The van der Waals surface area contributed by atoms with Crippen LogP contribution in [-0.2, 0) is 21.2 Å². The van der Waals surface area contributed by atoms with E-state index in [2.05, 4.69) is 10.2 Å². The minimum absolute atomic E-state index is 0.0356. The summed E-state index contributed by atoms with van der Waals surface area (Å²) in [7, 11) is -1.85. The quantitative estimate of drug-likeness (QED) is 0.726. The smallest absolute Gasteiger partial charge is 0.255 e. The average Bonchev–Trinajstić information content (AvgIpc) is 2.99. The summed E-state index contributed by atoms with van der Waals surface area (Å²) < 4.78 is 33.3. The van der Waals surface area contributed by atoms with Crippen LogP contribution >= 0.6 is 11.6 Å². The van der Waals surface area contributed by atoms with E-state index in [1.165, 1.54) is 16.4 Å². The van der Waals surface area contributed by atoms with Crippen molar-refractivity contribution in [2.24, 2.45) is 0 Å². The van der Waals surface area contributed by atoms with Crippen LogP contribution in [0.25, 0.3) is 0 Å². The van der Waals surface area contributed by atoms with Gasteiger partial charge in [0.1, 0.15) is 17.3 Å². The van der Waals surface area contributed by atoms with Crippen molar-refractivity contribution >= 4 is 39.0 Å². The molecular formula is C22H24ClN3O5S. The summed E-state index contributed by atoms with van der Waals surface area (Å²) >= 11 is 6.24. The van der Waals surface area contributed by atoms with E-state index in [0.29, 0.717) is 42.2 Å². The first-order valence-corrected chi connectivity index (χ1v) is 12.1. The number of ether oxygens (including phenoxy) is 1. The third-order valence-corrected chi connectivity index (χ3v) is 7.96. The second-order valence-corrected chi connectivity index (χ2v) is 10.3. The zero-order valence-corrected chi connectivity index (χ0v) is 19.2. The van der Waals surface area contributed by atoms with Gasteiger partial charge in [-0.2, -0.15) is 4.31 Å². The molecule has 10 heteroatoms. The Morgan fingerprint density at radius 1 is 1.09 bits per heavy atom. The van der Waals surface area contributed by atoms with Gasteiger partial charge in [0, 0.05) is 42.9 Å². The molecule has 0 spiro atoms. The van der Waals surface area contributed by atoms with Crippen LogP contribution in [0.1, 0.15) is 22.3 Å². The van der Waals surface area contributed by atoms with E-state index in [-0.39, 0.29) is 28.7 Å². The number of halogens is 1. The van der Waals surface area contributed by atoms with Crippen molar-refractivity contribution in [3.8, 4) is 5.75 Å². The fraction of sp³-hybridized carbons (Fsp3) is 0.364. The van der Waals surface area contributed by atoms with E-state index in [1.807, 2.05) is 7.05 Å². The summed E-state index contributed by atoms with van der Waals surface area (Å²) in [4.78, 5) is 26.5. The molecule has 1 amide bonds. The molecule has 0 aliphatic carbocycles. The van der Waals surface area contributed by atoms with E-state index in [9.17, 15) is 18.0 Å². The van der Waals surface area contributed by atoms with E-state index in [4.69, 9.17) is 16.3 Å². The Balaban J connectivity index is 1.56. The number of benzene rings is 2. The lowest BCUT2D eigenvalue weighted by atomic mass is 10.0. The SMILES string of the molecule is CN1CCCN(S(=O)(=O)c2cc(NC(=O)c3ccc4c(c3)CC(=O)CO4)ccc2Cl)CC1. The largest absolute Gasteiger partial charge is 0.486 e. The molecule has 0 saturated carbocycles. The highest BCUT2D eigenvalue weighted by atomic mass is 35.5. The number of anilines is 1. The number of Topliss-reactive ketones (excluding diaryl/α,β-unsaturated/α-hetero) is 1. The molecular weight excluding hydrogens is 454 g/mol. The van der Waals surface area contributed by atoms with Crippen molar-refractivity contribution in [2.45, 2.75) is 17.7 Å². The zero-order valence-electron chi connectivity index (χ0n) is 17.6. The van der Waals surface area contributed by atoms with Crippen LogP contribution in [0.5, 0.6) is 5.75 Å². The predicted octanol–water partition coefficient (Wildman–Crippen LogP) is 2.42. The lowest BCUT2D eigenvalue weighted by Crippen LogP contribution is -2.34. The number of carbonyl (C=O) groups excluding carboxylic acids is 2. The van der Waals surface area contributed by atoms with Gasteiger partial charge < -0.3 is 15.0 Å². The summed E-state index contributed by atoms with van der Waals surface area (Å²) in [5.74, 6) is 0.110. The highest BCUT2D eigenvalue weighted by Gasteiger charge is 2.28. The van der Waals surface area contributed by atoms with Crippen molar-refractivity contribution in [1.29, 1.82) is 0 Å². The van der Waals surface area contributed by atoms with Gasteiger partial charge in [-0.3, -0.25) is 9.59 Å². The first kappa shape index (κ1) is 22.7. The van der Waals surface area contributed by atoms with E-state index in [0.717, 1.165) is 13.0 Å². The molecule has 1 N–H and O–H groups in total. The lowest BCUT2D eigenvalue weighted by molar-refractivity contribution is -0.121. The molecule has 170 valence electrons. The van der Waals surface area contributed by atoms with Gasteiger partial charge in [-0.1, -0.05) is 11.6 Å². The molecule has 0 bridgehead atoms. The van der Waals surface area contributed by atoms with Crippen molar-refractivity contribution in [1.82, 2.24) is 9.21 Å². The maximum Gasteiger partial charge on any atom is 0.255 e. The van der Waals surface area contributed by atoms with Gasteiger partial charge in [-0.25, -0.2) is 8.42 Å². The third kappa shape index (κ3) is 4.80. The molecule has 2 heterocycles. The highest BCUT2D eigenvalue weighted by Crippen LogP contribution is 2.29. The minimum Gasteiger partial charge on any atom is -0.486 e. The lowest BCUT2D eigenvalue weighted by Gasteiger charge is -2.21. The van der Waals surface area contributed by atoms with E-state index >= 15 is 0 Å². The number of amides is 1. The van der Waals surface area contributed by atoms with Crippen LogP contribution in [0, 0.1) is 0 Å². The van der Waals surface area contributed by atoms with E-state index < -0.39 is 15.9 Å². The van der Waals surface area contributed by atoms with Crippen molar-refractivity contribution in [3.05, 3.63) is 52.5 Å². The summed E-state index contributed by atoms with van der Waals surface area (Å²) in [6.07, 6.45) is 0.944. The van der Waals surface area contributed by atoms with Gasteiger partial charge in [0.05, 0.1) is 5.02 Å². The van der Waals surface area contributed by atoms with Gasteiger partial charge >= 0.3 is 0 Å². The summed E-state index contributed by atoms with van der Waals surface area (Å²) in [5, 5.41) is 2.83. The van der Waals surface area contributed by atoms with Crippen molar-refractivity contribution < 1.29 is 22.7 Å². The van der Waals surface area contributed by atoms with Gasteiger partial charge in [0.2, 0.25) is 10.0 Å². The number of rotatable bonds is 4. The monoisotopic (exact) mass is 477 g/mol. The molecule has 2 aliphatic heterocycles. The number of hydrogen-bond acceptors (Lipinski definition) is 6. The number of fused-ring (bicyclic) bond motifs is 1. The fourth-order valence-corrected chi connectivity index (χ4v) is 5.78. The standard InChI is InChI=1S/C22H24ClN3O5S/c1-25-7-2-8-26(10-9-25)32(29,30)21-13-17(4-5-19(21)23)24-22(28)15-3-6-20-16(11-15)12-18(27)14-31-20/h3-6,11,13H,2,7-10,12,14H2,1H3,(H,24,28). The first-order valence-electron chi connectivity index (χ1n) is 10.3. The molecule has 0 unspecified atom stereocenters. The third-order valence-electron chi connectivity index (χ3n) is 5.58. The van der Waals surface area contributed by atoms with Gasteiger partial charge in [0.25, 0.3) is 5.91 Å². The fourth-order valence-electron chi connectivity index (χ4n) is 3.81. The molecule has 2 aromatic carbocycles. The van der Waals surface area contributed by atoms with Crippen LogP contribution in [0.3, 0.4) is 0 Å². The molecule has 0 atom stereocenters. The Labute approximate surface area is 192 Å². The predicted molar refractivity (Wildman–Crippen MR) is 121 cm³/mol. The Morgan fingerprint density at radius 2 is 1.91 bits per heavy atom. The Kier molecular flexibility index (Phi) is 6.52. The molecule has 1 fully saturated rings. The molecule has 2 aromatic rings. The van der Waals surface area contributed by atoms with Crippen molar-refractivity contribution in [3.63, 3.8) is 0 Å². The van der Waals surface area contributed by atoms with Crippen LogP contribution in [0.2, 0.25) is 5.02 Å². The second-order valence-electron chi connectivity index (χ2n) is 7.99. The zero-order chi connectivity index (χ0) is 22.9. The number of ketones is 1. The number of carbonyl (C=O) groups is 2. The minimum atomic E-state index is -3.81. The van der Waals surface area contributed by atoms with Crippen molar-refractivity contribution in [2.75, 3.05) is 45.2 Å². The normalized spacial score (nSPS) is 17.9. The molecule has 0 radical (unpaired) electrons. The van der Waals surface area contributed by atoms with E-state index in [1.54, 1.807) is 24.3 Å². The first-order chi connectivity index (χ1) is 15.2. The molecule has 4 rings (SSSR count). The Hall–Kier alpha value is -2.46. The van der Waals surface area contributed by atoms with Crippen LogP contribution in [0.4, 0.5) is 5.69 Å². The average molecular weight is 478 g/mol. The highest BCUT2D eigenvalue weighted by molar-refractivity contribution is 7.89. The van der Waals surface area contributed by atoms with Crippen LogP contribution < -0.4 is 10.1 Å². The molecule has 2 aliphatic rings. The Bertz CT molecular complexity index is 1170. The summed E-state index contributed by atoms with van der Waals surface area (Å²) in [5.41, 5.74) is 1.31. The van der Waals surface area contributed by atoms with Gasteiger partial charge in [-0.05, 0) is 56.4 Å². The molecule has 0 aromatic heterocycles. The summed E-state index contributed by atoms with van der Waals surface area (Å²) in [6.45, 7) is 2.29. The number of nitrogens with one attached hydrogen (secondary N) is 1. The van der Waals surface area contributed by atoms with Crippen LogP contribution in [-0.4, -0.2) is 69.1 Å². The maximum absolute atomic E-state index is 13.2. The topological polar surface area (TPSA) is 96.0 Å². The molecule has 1 saturated heterocycles. The molecule has 32 heavy (non-hydrogen) atoms. The van der Waals surface area contributed by atoms with Gasteiger partial charge in [-0.15, -0.1) is 0 Å². The number of likely N-dealkylation sites (N-methyl/N-ethyl adjacent to an activating group) is 1. The number of nitrogens with zero attached hydrogens (tertiary/aromatic N) is 2. The summed E-state index contributed by atoms with van der Waals surface area (Å²) in [6, 6.07) is 9.28. The maximum atomic E-state index is 13.2. The van der Waals surface area contributed by atoms with Crippen LogP contribution in [0.15, 0.2) is 41.3 Å². The molecule has 8 nitrogen and oxygen atoms in total.